The largest absolute Gasteiger partial charge is 0.485 e. The van der Waals surface area contributed by atoms with Gasteiger partial charge in [-0.15, -0.1) is 0 Å². The fourth-order valence-corrected chi connectivity index (χ4v) is 2.29. The summed E-state index contributed by atoms with van der Waals surface area (Å²) in [6.45, 7) is 8.01. The Morgan fingerprint density at radius 2 is 2.05 bits per heavy atom. The molecule has 0 unspecified atom stereocenters. The van der Waals surface area contributed by atoms with Gasteiger partial charge in [-0.05, 0) is 27.7 Å². The van der Waals surface area contributed by atoms with Crippen molar-refractivity contribution < 1.29 is 14.3 Å². The maximum Gasteiger partial charge on any atom is 0.410 e. The van der Waals surface area contributed by atoms with Gasteiger partial charge >= 0.3 is 6.09 Å². The van der Waals surface area contributed by atoms with Crippen molar-refractivity contribution in [3.63, 3.8) is 0 Å². The summed E-state index contributed by atoms with van der Waals surface area (Å²) in [6, 6.07) is 0.0609. The fraction of sp³-hybridized carbons (Fsp3) is 0.643. The lowest BCUT2D eigenvalue weighted by Crippen LogP contribution is -2.39. The first kappa shape index (κ1) is 16.3. The van der Waals surface area contributed by atoms with Gasteiger partial charge in [-0.3, -0.25) is 5.43 Å². The molecule has 8 heteroatoms. The molecule has 0 aliphatic carbocycles. The van der Waals surface area contributed by atoms with E-state index >= 15 is 0 Å². The van der Waals surface area contributed by atoms with Crippen LogP contribution >= 0.6 is 0 Å². The third-order valence-corrected chi connectivity index (χ3v) is 3.22. The monoisotopic (exact) mass is 309 g/mol. The quantitative estimate of drug-likeness (QED) is 0.645. The Morgan fingerprint density at radius 1 is 1.41 bits per heavy atom. The molecule has 0 aromatic carbocycles. The molecule has 1 fully saturated rings. The molecule has 2 atom stereocenters. The van der Waals surface area contributed by atoms with Crippen molar-refractivity contribution in [2.45, 2.75) is 51.9 Å². The van der Waals surface area contributed by atoms with Crippen LogP contribution in [0.1, 0.15) is 34.1 Å². The van der Waals surface area contributed by atoms with E-state index in [4.69, 9.17) is 15.3 Å². The van der Waals surface area contributed by atoms with Crippen molar-refractivity contribution in [1.82, 2.24) is 14.9 Å². The average Bonchev–Trinajstić information content (AvgIpc) is 2.79. The van der Waals surface area contributed by atoms with Crippen molar-refractivity contribution in [3.8, 4) is 5.75 Å². The van der Waals surface area contributed by atoms with Gasteiger partial charge in [0, 0.05) is 12.5 Å². The predicted octanol–water partition coefficient (Wildman–Crippen LogP) is 1.54. The molecule has 22 heavy (non-hydrogen) atoms. The number of hydrogen-bond acceptors (Lipinski definition) is 7. The lowest BCUT2D eigenvalue weighted by Gasteiger charge is -2.26. The van der Waals surface area contributed by atoms with Gasteiger partial charge in [-0.1, -0.05) is 0 Å². The Hall–Kier alpha value is -2.09. The lowest BCUT2D eigenvalue weighted by atomic mass is 10.2. The summed E-state index contributed by atoms with van der Waals surface area (Å²) in [5.74, 6) is 6.08. The lowest BCUT2D eigenvalue weighted by molar-refractivity contribution is 0.0224. The highest BCUT2D eigenvalue weighted by Gasteiger charge is 2.36. The molecule has 0 bridgehead atoms. The number of nitrogens with zero attached hydrogens (tertiary/aromatic N) is 3. The summed E-state index contributed by atoms with van der Waals surface area (Å²) < 4.78 is 11.2. The molecule has 8 nitrogen and oxygen atoms in total. The number of nitrogens with two attached hydrogens (primary N) is 1. The molecule has 2 rings (SSSR count). The molecule has 1 aromatic rings. The molecule has 0 radical (unpaired) electrons. The van der Waals surface area contributed by atoms with Crippen LogP contribution in [0.4, 0.5) is 10.7 Å². The molecule has 1 amide bonds. The Balaban J connectivity index is 1.93. The molecule has 0 spiro atoms. The molecular formula is C14H23N5O3. The van der Waals surface area contributed by atoms with E-state index in [2.05, 4.69) is 15.4 Å². The number of likely N-dealkylation sites (tertiary alicyclic amines) is 1. The molecule has 1 saturated heterocycles. The average molecular weight is 309 g/mol. The Kier molecular flexibility index (Phi) is 4.70. The van der Waals surface area contributed by atoms with Gasteiger partial charge in [0.2, 0.25) is 5.95 Å². The standard InChI is InChI=1S/C14H23N5O3/c1-9-5-10(8-19(9)13(20)22-14(2,3)4)21-11-6-16-12(18-15)17-7-11/h6-7,9-10H,5,8,15H2,1-4H3,(H,16,17,18)/t9-,10+/m0/s1. The van der Waals surface area contributed by atoms with E-state index in [0.29, 0.717) is 18.2 Å². The number of hydrogen-bond donors (Lipinski definition) is 2. The molecule has 0 saturated carbocycles. The first-order chi connectivity index (χ1) is 10.3. The van der Waals surface area contributed by atoms with E-state index in [1.807, 2.05) is 27.7 Å². The topological polar surface area (TPSA) is 103 Å². The molecular weight excluding hydrogens is 286 g/mol. The zero-order valence-corrected chi connectivity index (χ0v) is 13.4. The van der Waals surface area contributed by atoms with Crippen LogP contribution in [0.5, 0.6) is 5.75 Å². The van der Waals surface area contributed by atoms with E-state index in [0.717, 1.165) is 6.42 Å². The van der Waals surface area contributed by atoms with Gasteiger partial charge in [0.15, 0.2) is 5.75 Å². The summed E-state index contributed by atoms with van der Waals surface area (Å²) in [6.07, 6.45) is 3.40. The predicted molar refractivity (Wildman–Crippen MR) is 81.3 cm³/mol. The number of nitrogen functional groups attached to an aromatic ring is 1. The minimum atomic E-state index is -0.505. The number of amides is 1. The van der Waals surface area contributed by atoms with Crippen molar-refractivity contribution in [1.29, 1.82) is 0 Å². The molecule has 1 aromatic heterocycles. The SMILES string of the molecule is C[C@H]1C[C@@H](Oc2cnc(NN)nc2)CN1C(=O)OC(C)(C)C. The highest BCUT2D eigenvalue weighted by atomic mass is 16.6. The number of anilines is 1. The van der Waals surface area contributed by atoms with Gasteiger partial charge in [-0.2, -0.15) is 0 Å². The maximum atomic E-state index is 12.2. The number of hydrazine groups is 1. The second-order valence-corrected chi connectivity index (χ2v) is 6.34. The van der Waals surface area contributed by atoms with Crippen molar-refractivity contribution in [3.05, 3.63) is 12.4 Å². The number of rotatable bonds is 3. The summed E-state index contributed by atoms with van der Waals surface area (Å²) in [5, 5.41) is 0. The van der Waals surface area contributed by atoms with Crippen LogP contribution in [0, 0.1) is 0 Å². The third-order valence-electron chi connectivity index (χ3n) is 3.22. The summed E-state index contributed by atoms with van der Waals surface area (Å²) >= 11 is 0. The van der Waals surface area contributed by atoms with E-state index in [-0.39, 0.29) is 18.2 Å². The van der Waals surface area contributed by atoms with Crippen LogP contribution in [-0.4, -0.2) is 45.3 Å². The summed E-state index contributed by atoms with van der Waals surface area (Å²) in [7, 11) is 0. The number of aromatic nitrogens is 2. The van der Waals surface area contributed by atoms with E-state index in [1.165, 1.54) is 0 Å². The summed E-state index contributed by atoms with van der Waals surface area (Å²) in [4.78, 5) is 21.8. The molecule has 2 heterocycles. The third kappa shape index (κ3) is 4.20. The zero-order chi connectivity index (χ0) is 16.3. The van der Waals surface area contributed by atoms with E-state index < -0.39 is 5.60 Å². The van der Waals surface area contributed by atoms with Crippen LogP contribution in [0.15, 0.2) is 12.4 Å². The first-order valence-corrected chi connectivity index (χ1v) is 7.23. The minimum absolute atomic E-state index is 0.0609. The second-order valence-electron chi connectivity index (χ2n) is 6.34. The molecule has 122 valence electrons. The van der Waals surface area contributed by atoms with Crippen molar-refractivity contribution >= 4 is 12.0 Å². The number of nitrogens with one attached hydrogen (secondary N) is 1. The number of carbonyl (C=O) groups excluding carboxylic acids is 1. The van der Waals surface area contributed by atoms with Crippen LogP contribution in [0.3, 0.4) is 0 Å². The first-order valence-electron chi connectivity index (χ1n) is 7.23. The van der Waals surface area contributed by atoms with E-state index in [1.54, 1.807) is 17.3 Å². The zero-order valence-electron chi connectivity index (χ0n) is 13.4. The fourth-order valence-electron chi connectivity index (χ4n) is 2.29. The van der Waals surface area contributed by atoms with Gasteiger partial charge in [0.25, 0.3) is 0 Å². The van der Waals surface area contributed by atoms with Gasteiger partial charge in [0.1, 0.15) is 11.7 Å². The van der Waals surface area contributed by atoms with Crippen LogP contribution in [-0.2, 0) is 4.74 Å². The van der Waals surface area contributed by atoms with E-state index in [9.17, 15) is 4.79 Å². The maximum absolute atomic E-state index is 12.2. The van der Waals surface area contributed by atoms with Crippen LogP contribution < -0.4 is 16.0 Å². The smallest absolute Gasteiger partial charge is 0.410 e. The highest BCUT2D eigenvalue weighted by molar-refractivity contribution is 5.69. The van der Waals surface area contributed by atoms with Crippen molar-refractivity contribution in [2.24, 2.45) is 5.84 Å². The molecule has 1 aliphatic heterocycles. The normalized spacial score (nSPS) is 21.6. The Morgan fingerprint density at radius 3 is 2.59 bits per heavy atom. The number of ether oxygens (including phenoxy) is 2. The molecule has 1 aliphatic rings. The highest BCUT2D eigenvalue weighted by Crippen LogP contribution is 2.24. The molecule has 3 N–H and O–H groups in total. The van der Waals surface area contributed by atoms with Crippen molar-refractivity contribution in [2.75, 3.05) is 12.0 Å². The minimum Gasteiger partial charge on any atom is -0.485 e. The second kappa shape index (κ2) is 6.35. The van der Waals surface area contributed by atoms with Crippen LogP contribution in [0.2, 0.25) is 0 Å². The van der Waals surface area contributed by atoms with Gasteiger partial charge in [0.05, 0.1) is 18.9 Å². The van der Waals surface area contributed by atoms with Gasteiger partial charge in [-0.25, -0.2) is 20.6 Å². The van der Waals surface area contributed by atoms with Crippen LogP contribution in [0.25, 0.3) is 0 Å². The van der Waals surface area contributed by atoms with Gasteiger partial charge < -0.3 is 14.4 Å². The summed E-state index contributed by atoms with van der Waals surface area (Å²) in [5.41, 5.74) is 1.85. The Labute approximate surface area is 130 Å². The number of carbonyl (C=O) groups is 1. The Bertz CT molecular complexity index is 514.